The molecular formula is C26H20Cl2N4O7S. The monoisotopic (exact) mass is 602 g/mol. The summed E-state index contributed by atoms with van der Waals surface area (Å²) in [5, 5.41) is 14.7. The molecule has 0 bridgehead atoms. The van der Waals surface area contributed by atoms with Crippen LogP contribution in [0.5, 0.6) is 0 Å². The van der Waals surface area contributed by atoms with E-state index in [4.69, 9.17) is 37.7 Å². The van der Waals surface area contributed by atoms with E-state index in [-0.39, 0.29) is 27.2 Å². The van der Waals surface area contributed by atoms with Crippen LogP contribution in [0.25, 0.3) is 16.9 Å². The molecule has 0 spiro atoms. The van der Waals surface area contributed by atoms with E-state index >= 15 is 0 Å². The van der Waals surface area contributed by atoms with Gasteiger partial charge in [-0.25, -0.2) is 19.4 Å². The van der Waals surface area contributed by atoms with Crippen LogP contribution in [0.3, 0.4) is 0 Å². The van der Waals surface area contributed by atoms with Crippen LogP contribution in [0.4, 0.5) is 0 Å². The van der Waals surface area contributed by atoms with Crippen molar-refractivity contribution in [2.24, 2.45) is 0 Å². The first-order valence-electron chi connectivity index (χ1n) is 11.8. The first-order chi connectivity index (χ1) is 19.0. The highest BCUT2D eigenvalue weighted by Gasteiger charge is 2.40. The summed E-state index contributed by atoms with van der Waals surface area (Å²) in [5.74, 6) is -1.64. The first-order valence-corrected chi connectivity index (χ1v) is 13.4. The summed E-state index contributed by atoms with van der Waals surface area (Å²) < 4.78 is 11.2. The van der Waals surface area contributed by atoms with Gasteiger partial charge in [0.25, 0.3) is 5.56 Å². The third-order valence-corrected chi connectivity index (χ3v) is 8.20. The Bertz CT molecular complexity index is 1730. The number of hydrogen-bond acceptors (Lipinski definition) is 10. The molecule has 0 amide bonds. The van der Waals surface area contributed by atoms with Crippen molar-refractivity contribution in [1.82, 2.24) is 19.7 Å². The Balaban J connectivity index is 1.57. The van der Waals surface area contributed by atoms with Crippen LogP contribution in [0.2, 0.25) is 10.0 Å². The molecule has 0 aliphatic carbocycles. The van der Waals surface area contributed by atoms with E-state index in [9.17, 15) is 24.3 Å². The number of carbonyl (C=O) groups is 2. The molecule has 2 N–H and O–H groups in total. The molecule has 3 heterocycles. The van der Waals surface area contributed by atoms with Crippen molar-refractivity contribution in [3.8, 4) is 16.9 Å². The number of H-pyrrole nitrogens is 1. The van der Waals surface area contributed by atoms with Crippen LogP contribution >= 0.6 is 34.5 Å². The van der Waals surface area contributed by atoms with Crippen molar-refractivity contribution in [3.05, 3.63) is 95.0 Å². The van der Waals surface area contributed by atoms with Gasteiger partial charge in [0.2, 0.25) is 0 Å². The van der Waals surface area contributed by atoms with Gasteiger partial charge in [0.05, 0.1) is 11.4 Å². The number of nitrogens with one attached hydrogen (secondary N) is 1. The molecule has 206 valence electrons. The van der Waals surface area contributed by atoms with Crippen molar-refractivity contribution in [1.29, 1.82) is 0 Å². The number of thiazole rings is 1. The Kier molecular flexibility index (Phi) is 7.36. The van der Waals surface area contributed by atoms with Crippen LogP contribution in [0, 0.1) is 0 Å². The number of carbonyl (C=O) groups excluding carboxylic acids is 2. The lowest BCUT2D eigenvalue weighted by Gasteiger charge is -2.25. The topological polar surface area (TPSA) is 153 Å². The quantitative estimate of drug-likeness (QED) is 0.317. The zero-order valence-electron chi connectivity index (χ0n) is 20.9. The molecule has 40 heavy (non-hydrogen) atoms. The Morgan fingerprint density at radius 1 is 1.18 bits per heavy atom. The lowest BCUT2D eigenvalue weighted by molar-refractivity contribution is -0.145. The van der Waals surface area contributed by atoms with Crippen LogP contribution in [-0.4, -0.2) is 55.6 Å². The minimum atomic E-state index is -1.58. The number of ether oxygens (including phenoxy) is 2. The lowest BCUT2D eigenvalue weighted by Crippen LogP contribution is -2.31. The second-order valence-corrected chi connectivity index (χ2v) is 11.2. The summed E-state index contributed by atoms with van der Waals surface area (Å²) in [6, 6.07) is 11.9. The molecule has 11 nitrogen and oxygen atoms in total. The summed E-state index contributed by atoms with van der Waals surface area (Å²) in [7, 11) is 0. The largest absolute Gasteiger partial charge is 0.460 e. The normalized spacial score (nSPS) is 17.1. The molecule has 2 atom stereocenters. The Hall–Kier alpha value is -3.84. The van der Waals surface area contributed by atoms with E-state index in [0.29, 0.717) is 21.8 Å². The summed E-state index contributed by atoms with van der Waals surface area (Å²) in [6.07, 6.45) is -1.77. The molecule has 2 unspecified atom stereocenters. The summed E-state index contributed by atoms with van der Waals surface area (Å²) in [5.41, 5.74) is -0.679. The number of aliphatic hydroxyl groups is 1. The van der Waals surface area contributed by atoms with Crippen LogP contribution < -0.4 is 11.2 Å². The summed E-state index contributed by atoms with van der Waals surface area (Å²) in [6.45, 7) is 3.38. The second kappa shape index (κ2) is 10.6. The average Bonchev–Trinajstić information content (AvgIpc) is 3.49. The number of aromatic nitrogens is 4. The number of halogens is 2. The number of cyclic esters (lactones) is 1. The van der Waals surface area contributed by atoms with E-state index in [2.05, 4.69) is 10.1 Å². The van der Waals surface area contributed by atoms with E-state index in [0.717, 1.165) is 22.2 Å². The van der Waals surface area contributed by atoms with Crippen LogP contribution in [-0.2, 0) is 19.7 Å². The number of nitrogens with zero attached hydrogens (tertiary/aromatic N) is 3. The number of esters is 2. The van der Waals surface area contributed by atoms with Gasteiger partial charge in [-0.2, -0.15) is 9.78 Å². The number of benzene rings is 2. The fraction of sp³-hybridized carbons (Fsp3) is 0.231. The first kappa shape index (κ1) is 27.7. The summed E-state index contributed by atoms with van der Waals surface area (Å²) >= 11 is 14.4. The van der Waals surface area contributed by atoms with Crippen LogP contribution in [0.15, 0.2) is 58.3 Å². The van der Waals surface area contributed by atoms with E-state index < -0.39 is 40.8 Å². The molecule has 0 radical (unpaired) electrons. The Morgan fingerprint density at radius 3 is 2.45 bits per heavy atom. The third-order valence-electron chi connectivity index (χ3n) is 6.25. The zero-order chi connectivity index (χ0) is 28.8. The fourth-order valence-corrected chi connectivity index (χ4v) is 6.25. The van der Waals surface area contributed by atoms with Crippen LogP contribution in [0.1, 0.15) is 34.1 Å². The highest BCUT2D eigenvalue weighted by Crippen LogP contribution is 2.44. The van der Waals surface area contributed by atoms with Gasteiger partial charge in [0.15, 0.2) is 12.2 Å². The molecule has 1 aliphatic heterocycles. The number of hydrogen-bond donors (Lipinski definition) is 2. The van der Waals surface area contributed by atoms with Gasteiger partial charge in [0, 0.05) is 26.6 Å². The molecule has 0 saturated carbocycles. The van der Waals surface area contributed by atoms with Crippen molar-refractivity contribution in [2.75, 3.05) is 6.61 Å². The van der Waals surface area contributed by atoms with E-state index in [1.807, 2.05) is 19.9 Å². The SMILES string of the molecule is CC(C)(c1nc(-c2ccccc2)c(C(=O)OC2COC(=O)C2O)s1)c1c(Cl)cc(-n2ncc(=O)[nH]c2=O)cc1Cl. The highest BCUT2D eigenvalue weighted by molar-refractivity contribution is 7.14. The highest BCUT2D eigenvalue weighted by atomic mass is 35.5. The molecule has 4 aromatic rings. The molecule has 1 fully saturated rings. The van der Waals surface area contributed by atoms with E-state index in [1.54, 1.807) is 24.3 Å². The molecule has 14 heteroatoms. The maximum Gasteiger partial charge on any atom is 0.351 e. The summed E-state index contributed by atoms with van der Waals surface area (Å²) in [4.78, 5) is 55.5. The van der Waals surface area contributed by atoms with Gasteiger partial charge in [-0.3, -0.25) is 9.78 Å². The van der Waals surface area contributed by atoms with E-state index in [1.165, 1.54) is 12.1 Å². The maximum absolute atomic E-state index is 13.3. The average molecular weight is 603 g/mol. The molecule has 1 saturated heterocycles. The third kappa shape index (κ3) is 5.06. The lowest BCUT2D eigenvalue weighted by atomic mass is 9.85. The fourth-order valence-electron chi connectivity index (χ4n) is 4.22. The van der Waals surface area contributed by atoms with Gasteiger partial charge >= 0.3 is 17.6 Å². The van der Waals surface area contributed by atoms with Gasteiger partial charge in [-0.1, -0.05) is 53.5 Å². The minimum Gasteiger partial charge on any atom is -0.460 e. The maximum atomic E-state index is 13.3. The zero-order valence-corrected chi connectivity index (χ0v) is 23.2. The standard InChI is InChI=1S/C26H20Cl2N4O7S/c1-26(2,18-14(27)8-13(9-15(18)28)32-25(37)30-17(33)10-29-32)24-31-19(12-6-4-3-5-7-12)21(40-24)23(36)39-16-11-38-22(35)20(16)34/h3-10,16,20,34H,11H2,1-2H3,(H,30,33,37). The van der Waals surface area contributed by atoms with Crippen molar-refractivity contribution >= 4 is 46.5 Å². The molecule has 2 aromatic carbocycles. The van der Waals surface area contributed by atoms with Gasteiger partial charge in [-0.05, 0) is 26.0 Å². The molecule has 1 aliphatic rings. The van der Waals surface area contributed by atoms with Gasteiger partial charge < -0.3 is 14.6 Å². The molecule has 2 aromatic heterocycles. The van der Waals surface area contributed by atoms with Crippen molar-refractivity contribution < 1.29 is 24.2 Å². The molecular weight excluding hydrogens is 583 g/mol. The minimum absolute atomic E-state index is 0.147. The number of aromatic amines is 1. The molecule has 5 rings (SSSR count). The number of aliphatic hydroxyl groups excluding tert-OH is 1. The predicted octanol–water partition coefficient (Wildman–Crippen LogP) is 3.12. The number of rotatable bonds is 6. The van der Waals surface area contributed by atoms with Gasteiger partial charge in [0.1, 0.15) is 22.7 Å². The van der Waals surface area contributed by atoms with Gasteiger partial charge in [-0.15, -0.1) is 11.3 Å². The Labute approximate surface area is 239 Å². The van der Waals surface area contributed by atoms with Crippen molar-refractivity contribution in [2.45, 2.75) is 31.5 Å². The predicted molar refractivity (Wildman–Crippen MR) is 146 cm³/mol. The van der Waals surface area contributed by atoms with Crippen molar-refractivity contribution in [3.63, 3.8) is 0 Å². The second-order valence-electron chi connectivity index (χ2n) is 9.34. The Morgan fingerprint density at radius 2 is 1.85 bits per heavy atom. The smallest absolute Gasteiger partial charge is 0.351 e.